The highest BCUT2D eigenvalue weighted by Gasteiger charge is 2.46. The summed E-state index contributed by atoms with van der Waals surface area (Å²) >= 11 is 0. The molecule has 0 spiro atoms. The molecule has 9 nitrogen and oxygen atoms in total. The van der Waals surface area contributed by atoms with Crippen LogP contribution in [0.1, 0.15) is 43.9 Å². The smallest absolute Gasteiger partial charge is 0.295 e. The van der Waals surface area contributed by atoms with Crippen molar-refractivity contribution in [1.82, 2.24) is 14.5 Å². The number of hydrogen-bond donors (Lipinski definition) is 1. The SMILES string of the molecule is CCCOc1ccc(C2/C(=C(\O)c3ccc(OC)cc3)C(=O)C(=O)N2CCCn2ccnc2)cc1OCC. The van der Waals surface area contributed by atoms with Crippen molar-refractivity contribution in [2.75, 3.05) is 26.9 Å². The van der Waals surface area contributed by atoms with E-state index in [0.717, 1.165) is 6.42 Å². The number of aryl methyl sites for hydroxylation is 1. The average Bonchev–Trinajstić information content (AvgIpc) is 3.54. The van der Waals surface area contributed by atoms with Crippen LogP contribution in [-0.4, -0.2) is 58.1 Å². The normalized spacial score (nSPS) is 16.6. The van der Waals surface area contributed by atoms with Crippen LogP contribution in [0.3, 0.4) is 0 Å². The van der Waals surface area contributed by atoms with Crippen molar-refractivity contribution < 1.29 is 28.9 Å². The van der Waals surface area contributed by atoms with Crippen molar-refractivity contribution in [2.45, 2.75) is 39.3 Å². The molecule has 4 rings (SSSR count). The Balaban J connectivity index is 1.76. The summed E-state index contributed by atoms with van der Waals surface area (Å²) in [6.45, 7) is 5.78. The van der Waals surface area contributed by atoms with Gasteiger partial charge >= 0.3 is 0 Å². The molecule has 9 heteroatoms. The van der Waals surface area contributed by atoms with Gasteiger partial charge in [-0.15, -0.1) is 0 Å². The van der Waals surface area contributed by atoms with Crippen molar-refractivity contribution in [2.24, 2.45) is 0 Å². The van der Waals surface area contributed by atoms with Crippen LogP contribution < -0.4 is 14.2 Å². The fourth-order valence-electron chi connectivity index (χ4n) is 4.50. The molecule has 1 aliphatic heterocycles. The summed E-state index contributed by atoms with van der Waals surface area (Å²) in [7, 11) is 1.55. The number of hydrogen-bond acceptors (Lipinski definition) is 7. The fraction of sp³-hybridized carbons (Fsp3) is 0.345. The number of nitrogens with zero attached hydrogens (tertiary/aromatic N) is 3. The van der Waals surface area contributed by atoms with Crippen molar-refractivity contribution >= 4 is 17.4 Å². The van der Waals surface area contributed by atoms with E-state index >= 15 is 0 Å². The molecule has 1 saturated heterocycles. The van der Waals surface area contributed by atoms with E-state index in [4.69, 9.17) is 14.2 Å². The first kappa shape index (κ1) is 26.8. The van der Waals surface area contributed by atoms with Crippen LogP contribution in [0.25, 0.3) is 5.76 Å². The molecule has 1 N–H and O–H groups in total. The number of amides is 1. The minimum absolute atomic E-state index is 0.0347. The molecule has 0 bridgehead atoms. The first-order valence-corrected chi connectivity index (χ1v) is 12.8. The summed E-state index contributed by atoms with van der Waals surface area (Å²) in [6, 6.07) is 11.3. The van der Waals surface area contributed by atoms with Gasteiger partial charge in [0.15, 0.2) is 11.5 Å². The molecule has 1 fully saturated rings. The Kier molecular flexibility index (Phi) is 8.68. The van der Waals surface area contributed by atoms with E-state index in [1.165, 1.54) is 4.90 Å². The van der Waals surface area contributed by atoms with Crippen LogP contribution >= 0.6 is 0 Å². The number of benzene rings is 2. The number of carbonyl (C=O) groups excluding carboxylic acids is 2. The Hall–Kier alpha value is -4.27. The van der Waals surface area contributed by atoms with Gasteiger partial charge < -0.3 is 28.8 Å². The van der Waals surface area contributed by atoms with E-state index in [-0.39, 0.29) is 11.3 Å². The van der Waals surface area contributed by atoms with Crippen LogP contribution in [0.2, 0.25) is 0 Å². The van der Waals surface area contributed by atoms with Crippen LogP contribution in [0, 0.1) is 0 Å². The van der Waals surface area contributed by atoms with Crippen molar-refractivity contribution in [3.63, 3.8) is 0 Å². The largest absolute Gasteiger partial charge is 0.507 e. The molecule has 1 aromatic heterocycles. The van der Waals surface area contributed by atoms with E-state index < -0.39 is 17.7 Å². The predicted molar refractivity (Wildman–Crippen MR) is 142 cm³/mol. The molecule has 1 unspecified atom stereocenters. The van der Waals surface area contributed by atoms with Gasteiger partial charge in [0.25, 0.3) is 11.7 Å². The van der Waals surface area contributed by atoms with E-state index in [2.05, 4.69) is 4.98 Å². The molecule has 1 atom stereocenters. The molecule has 0 saturated carbocycles. The Morgan fingerprint density at radius 3 is 2.47 bits per heavy atom. The number of Topliss-reactive ketones (excluding diaryl/α,β-unsaturated/α-hetero) is 1. The quantitative estimate of drug-likeness (QED) is 0.212. The van der Waals surface area contributed by atoms with E-state index in [9.17, 15) is 14.7 Å². The first-order chi connectivity index (χ1) is 18.5. The summed E-state index contributed by atoms with van der Waals surface area (Å²) in [6.07, 6.45) is 6.68. The second-order valence-corrected chi connectivity index (χ2v) is 8.86. The molecule has 38 heavy (non-hydrogen) atoms. The van der Waals surface area contributed by atoms with Crippen molar-refractivity contribution in [3.05, 3.63) is 77.9 Å². The van der Waals surface area contributed by atoms with Gasteiger partial charge in [-0.3, -0.25) is 9.59 Å². The number of methoxy groups -OCH3 is 1. The zero-order valence-corrected chi connectivity index (χ0v) is 21.9. The van der Waals surface area contributed by atoms with Gasteiger partial charge in [-0.2, -0.15) is 0 Å². The topological polar surface area (TPSA) is 103 Å². The number of ketones is 1. The minimum atomic E-state index is -0.792. The van der Waals surface area contributed by atoms with Gasteiger partial charge in [-0.1, -0.05) is 13.0 Å². The summed E-state index contributed by atoms with van der Waals surface area (Å²) in [5.74, 6) is 0.103. The second kappa shape index (κ2) is 12.3. The minimum Gasteiger partial charge on any atom is -0.507 e. The van der Waals surface area contributed by atoms with Crippen LogP contribution in [0.5, 0.6) is 17.2 Å². The lowest BCUT2D eigenvalue weighted by Crippen LogP contribution is -2.31. The second-order valence-electron chi connectivity index (χ2n) is 8.86. The number of imidazole rings is 1. The number of aliphatic hydroxyl groups is 1. The molecule has 3 aromatic rings. The molecule has 2 aromatic carbocycles. The molecular formula is C29H33N3O6. The summed E-state index contributed by atoms with van der Waals surface area (Å²) in [4.78, 5) is 32.2. The number of aromatic nitrogens is 2. The third-order valence-electron chi connectivity index (χ3n) is 6.32. The zero-order valence-electron chi connectivity index (χ0n) is 21.9. The predicted octanol–water partition coefficient (Wildman–Crippen LogP) is 4.59. The van der Waals surface area contributed by atoms with E-state index in [0.29, 0.717) is 61.1 Å². The highest BCUT2D eigenvalue weighted by molar-refractivity contribution is 6.46. The maximum atomic E-state index is 13.3. The Bertz CT molecular complexity index is 1280. The number of ether oxygens (including phenoxy) is 3. The van der Waals surface area contributed by atoms with E-state index in [1.54, 1.807) is 56.0 Å². The third kappa shape index (κ3) is 5.66. The van der Waals surface area contributed by atoms with Crippen LogP contribution in [0.4, 0.5) is 0 Å². The van der Waals surface area contributed by atoms with Gasteiger partial charge in [0.05, 0.1) is 38.3 Å². The molecule has 200 valence electrons. The number of carbonyl (C=O) groups is 2. The highest BCUT2D eigenvalue weighted by atomic mass is 16.5. The molecule has 0 radical (unpaired) electrons. The Morgan fingerprint density at radius 1 is 1.03 bits per heavy atom. The lowest BCUT2D eigenvalue weighted by molar-refractivity contribution is -0.139. The number of rotatable bonds is 12. The highest BCUT2D eigenvalue weighted by Crippen LogP contribution is 2.42. The maximum Gasteiger partial charge on any atom is 0.295 e. The lowest BCUT2D eigenvalue weighted by atomic mass is 9.95. The molecule has 1 amide bonds. The van der Waals surface area contributed by atoms with Gasteiger partial charge in [-0.25, -0.2) is 4.98 Å². The van der Waals surface area contributed by atoms with Gasteiger partial charge in [0, 0.05) is 31.0 Å². The van der Waals surface area contributed by atoms with Gasteiger partial charge in [0.2, 0.25) is 0 Å². The van der Waals surface area contributed by atoms with Gasteiger partial charge in [0.1, 0.15) is 11.5 Å². The van der Waals surface area contributed by atoms with Gasteiger partial charge in [-0.05, 0) is 61.7 Å². The molecule has 1 aliphatic rings. The monoisotopic (exact) mass is 519 g/mol. The summed E-state index contributed by atoms with van der Waals surface area (Å²) in [5.41, 5.74) is 1.10. The summed E-state index contributed by atoms with van der Waals surface area (Å²) in [5, 5.41) is 11.3. The standard InChI is InChI=1S/C29H33N3O6/c1-4-17-38-23-12-9-21(18-24(23)37-5-2)26-25(27(33)20-7-10-22(36-3)11-8-20)28(34)29(35)32(26)15-6-14-31-16-13-30-19-31/h7-13,16,18-19,26,33H,4-6,14-15,17H2,1-3H3/b27-25+. The number of likely N-dealkylation sites (tertiary alicyclic amines) is 1. The van der Waals surface area contributed by atoms with E-state index in [1.807, 2.05) is 30.7 Å². The first-order valence-electron chi connectivity index (χ1n) is 12.8. The number of aliphatic hydroxyl groups excluding tert-OH is 1. The van der Waals surface area contributed by atoms with Crippen molar-refractivity contribution in [3.8, 4) is 17.2 Å². The fourth-order valence-corrected chi connectivity index (χ4v) is 4.50. The zero-order chi connectivity index (χ0) is 27.1. The Labute approximate surface area is 222 Å². The lowest BCUT2D eigenvalue weighted by Gasteiger charge is -2.26. The van der Waals surface area contributed by atoms with Crippen molar-refractivity contribution in [1.29, 1.82) is 0 Å². The third-order valence-corrected chi connectivity index (χ3v) is 6.32. The molecular weight excluding hydrogens is 486 g/mol. The molecule has 0 aliphatic carbocycles. The average molecular weight is 520 g/mol. The van der Waals surface area contributed by atoms with Crippen LogP contribution in [0.15, 0.2) is 66.8 Å². The molecule has 2 heterocycles. The Morgan fingerprint density at radius 2 is 1.82 bits per heavy atom. The maximum absolute atomic E-state index is 13.3. The van der Waals surface area contributed by atoms with Crippen LogP contribution in [-0.2, 0) is 16.1 Å². The summed E-state index contributed by atoms with van der Waals surface area (Å²) < 4.78 is 18.8.